The molecule has 1 saturated carbocycles. The number of hydrogen-bond acceptors (Lipinski definition) is 4. The molecule has 0 saturated heterocycles. The van der Waals surface area contributed by atoms with Crippen molar-refractivity contribution in [3.63, 3.8) is 0 Å². The van der Waals surface area contributed by atoms with Gasteiger partial charge in [-0.2, -0.15) is 0 Å². The van der Waals surface area contributed by atoms with E-state index in [0.29, 0.717) is 24.1 Å². The third-order valence-electron chi connectivity index (χ3n) is 3.37. The Morgan fingerprint density at radius 2 is 1.95 bits per heavy atom. The molecule has 0 aromatic heterocycles. The van der Waals surface area contributed by atoms with E-state index in [1.165, 1.54) is 12.8 Å². The molecule has 0 heterocycles. The number of hydrogen-bond donors (Lipinski definition) is 2. The van der Waals surface area contributed by atoms with Gasteiger partial charge in [-0.15, -0.1) is 12.4 Å². The van der Waals surface area contributed by atoms with Gasteiger partial charge in [-0.3, -0.25) is 4.79 Å². The van der Waals surface area contributed by atoms with E-state index in [2.05, 4.69) is 10.6 Å². The van der Waals surface area contributed by atoms with Crippen LogP contribution in [0.1, 0.15) is 25.3 Å². The summed E-state index contributed by atoms with van der Waals surface area (Å²) in [7, 11) is 3.20. The molecule has 0 radical (unpaired) electrons. The fourth-order valence-corrected chi connectivity index (χ4v) is 2.01. The topological polar surface area (TPSA) is 59.6 Å². The minimum Gasteiger partial charge on any atom is -0.493 e. The normalized spacial score (nSPS) is 14.8. The zero-order chi connectivity index (χ0) is 14.5. The largest absolute Gasteiger partial charge is 0.493 e. The molecular weight excluding hydrogens is 292 g/mol. The summed E-state index contributed by atoms with van der Waals surface area (Å²) >= 11 is 0. The van der Waals surface area contributed by atoms with Gasteiger partial charge < -0.3 is 20.1 Å². The molecule has 0 bridgehead atoms. The van der Waals surface area contributed by atoms with E-state index >= 15 is 0 Å². The monoisotopic (exact) mass is 314 g/mol. The molecule has 118 valence electrons. The van der Waals surface area contributed by atoms with Crippen molar-refractivity contribution in [1.82, 2.24) is 10.6 Å². The van der Waals surface area contributed by atoms with Crippen LogP contribution in [-0.2, 0) is 11.3 Å². The van der Waals surface area contributed by atoms with Gasteiger partial charge in [0.15, 0.2) is 11.5 Å². The first-order chi connectivity index (χ1) is 9.63. The molecule has 21 heavy (non-hydrogen) atoms. The number of methoxy groups -OCH3 is 2. The van der Waals surface area contributed by atoms with Gasteiger partial charge in [0.25, 0.3) is 0 Å². The lowest BCUT2D eigenvalue weighted by Crippen LogP contribution is -2.42. The van der Waals surface area contributed by atoms with Crippen molar-refractivity contribution in [2.45, 2.75) is 38.4 Å². The molecule has 0 aliphatic heterocycles. The highest BCUT2D eigenvalue weighted by atomic mass is 35.5. The van der Waals surface area contributed by atoms with Crippen LogP contribution in [0.5, 0.6) is 11.5 Å². The molecule has 6 heteroatoms. The maximum absolute atomic E-state index is 11.9. The Labute approximate surface area is 131 Å². The molecule has 0 spiro atoms. The van der Waals surface area contributed by atoms with E-state index < -0.39 is 0 Å². The van der Waals surface area contributed by atoms with Gasteiger partial charge in [-0.25, -0.2) is 0 Å². The molecule has 1 aliphatic rings. The third-order valence-corrected chi connectivity index (χ3v) is 3.37. The van der Waals surface area contributed by atoms with Crippen molar-refractivity contribution in [1.29, 1.82) is 0 Å². The Balaban J connectivity index is 0.00000220. The molecule has 1 atom stereocenters. The molecule has 1 amide bonds. The van der Waals surface area contributed by atoms with Gasteiger partial charge in [0.2, 0.25) is 5.91 Å². The van der Waals surface area contributed by atoms with E-state index in [0.717, 1.165) is 5.56 Å². The molecule has 5 nitrogen and oxygen atoms in total. The van der Waals surface area contributed by atoms with Gasteiger partial charge in [0.05, 0.1) is 20.3 Å². The van der Waals surface area contributed by atoms with Crippen molar-refractivity contribution < 1.29 is 14.3 Å². The predicted molar refractivity (Wildman–Crippen MR) is 84.3 cm³/mol. The van der Waals surface area contributed by atoms with Crippen LogP contribution < -0.4 is 20.1 Å². The minimum absolute atomic E-state index is 0. The molecule has 1 unspecified atom stereocenters. The molecule has 2 rings (SSSR count). The smallest absolute Gasteiger partial charge is 0.237 e. The number of amides is 1. The summed E-state index contributed by atoms with van der Waals surface area (Å²) in [6.45, 7) is 2.37. The summed E-state index contributed by atoms with van der Waals surface area (Å²) in [6, 6.07) is 6.00. The fraction of sp³-hybridized carbons (Fsp3) is 0.533. The third kappa shape index (κ3) is 5.10. The maximum Gasteiger partial charge on any atom is 0.237 e. The van der Waals surface area contributed by atoms with Crippen LogP contribution in [0, 0.1) is 0 Å². The predicted octanol–water partition coefficient (Wildman–Crippen LogP) is 1.88. The Hall–Kier alpha value is -1.46. The zero-order valence-corrected chi connectivity index (χ0v) is 13.5. The second-order valence-corrected chi connectivity index (χ2v) is 5.07. The Bertz CT molecular complexity index is 478. The van der Waals surface area contributed by atoms with E-state index in [9.17, 15) is 4.79 Å². The number of ether oxygens (including phenoxy) is 2. The van der Waals surface area contributed by atoms with Crippen molar-refractivity contribution in [3.05, 3.63) is 23.8 Å². The average molecular weight is 315 g/mol. The second kappa shape index (κ2) is 8.10. The van der Waals surface area contributed by atoms with Gasteiger partial charge in [-0.05, 0) is 37.5 Å². The van der Waals surface area contributed by atoms with Gasteiger partial charge in [0, 0.05) is 12.6 Å². The Morgan fingerprint density at radius 1 is 1.29 bits per heavy atom. The lowest BCUT2D eigenvalue weighted by Gasteiger charge is -2.14. The van der Waals surface area contributed by atoms with Crippen LogP contribution in [-0.4, -0.2) is 32.2 Å². The summed E-state index contributed by atoms with van der Waals surface area (Å²) in [5.74, 6) is 1.38. The second-order valence-electron chi connectivity index (χ2n) is 5.07. The molecule has 2 N–H and O–H groups in total. The highest BCUT2D eigenvalue weighted by Crippen LogP contribution is 2.27. The number of carbonyl (C=O) groups excluding carboxylic acids is 1. The van der Waals surface area contributed by atoms with Gasteiger partial charge in [-0.1, -0.05) is 6.07 Å². The first kappa shape index (κ1) is 17.6. The minimum atomic E-state index is -0.150. The summed E-state index contributed by atoms with van der Waals surface area (Å²) in [5, 5.41) is 6.20. The number of halogens is 1. The molecule has 1 fully saturated rings. The lowest BCUT2D eigenvalue weighted by molar-refractivity contribution is -0.122. The van der Waals surface area contributed by atoms with Crippen LogP contribution in [0.4, 0.5) is 0 Å². The van der Waals surface area contributed by atoms with Gasteiger partial charge in [0.1, 0.15) is 0 Å². The van der Waals surface area contributed by atoms with Crippen LogP contribution in [0.25, 0.3) is 0 Å². The van der Waals surface area contributed by atoms with E-state index in [1.807, 2.05) is 25.1 Å². The van der Waals surface area contributed by atoms with Crippen molar-refractivity contribution >= 4 is 18.3 Å². The van der Waals surface area contributed by atoms with Crippen LogP contribution in [0.2, 0.25) is 0 Å². The average Bonchev–Trinajstić information content (AvgIpc) is 3.28. The van der Waals surface area contributed by atoms with E-state index in [1.54, 1.807) is 14.2 Å². The quantitative estimate of drug-likeness (QED) is 0.807. The highest BCUT2D eigenvalue weighted by Gasteiger charge is 2.25. The van der Waals surface area contributed by atoms with Gasteiger partial charge >= 0.3 is 0 Å². The number of nitrogens with one attached hydrogen (secondary N) is 2. The first-order valence-corrected chi connectivity index (χ1v) is 6.88. The molecule has 1 aromatic carbocycles. The van der Waals surface area contributed by atoms with Crippen molar-refractivity contribution in [2.75, 3.05) is 14.2 Å². The van der Waals surface area contributed by atoms with Crippen molar-refractivity contribution in [3.8, 4) is 11.5 Å². The summed E-state index contributed by atoms with van der Waals surface area (Å²) in [6.07, 6.45) is 2.35. The Kier molecular flexibility index (Phi) is 6.78. The lowest BCUT2D eigenvalue weighted by atomic mass is 10.2. The SMILES string of the molecule is COc1ccc(CNC(=O)C(C)NC2CC2)cc1OC.Cl. The summed E-state index contributed by atoms with van der Waals surface area (Å²) in [5.41, 5.74) is 0.981. The number of carbonyl (C=O) groups is 1. The standard InChI is InChI=1S/C15H22N2O3.ClH/c1-10(17-12-5-6-12)15(18)16-9-11-4-7-13(19-2)14(8-11)20-3;/h4,7-8,10,12,17H,5-6,9H2,1-3H3,(H,16,18);1H. The zero-order valence-electron chi connectivity index (χ0n) is 12.6. The fourth-order valence-electron chi connectivity index (χ4n) is 2.01. The molecular formula is C15H23ClN2O3. The van der Waals surface area contributed by atoms with Crippen molar-refractivity contribution in [2.24, 2.45) is 0 Å². The van der Waals surface area contributed by atoms with Crippen LogP contribution >= 0.6 is 12.4 Å². The van der Waals surface area contributed by atoms with E-state index in [4.69, 9.17) is 9.47 Å². The summed E-state index contributed by atoms with van der Waals surface area (Å²) in [4.78, 5) is 11.9. The number of rotatable bonds is 7. The maximum atomic E-state index is 11.9. The number of benzene rings is 1. The van der Waals surface area contributed by atoms with E-state index in [-0.39, 0.29) is 24.4 Å². The highest BCUT2D eigenvalue weighted by molar-refractivity contribution is 5.85. The molecule has 1 aromatic rings. The van der Waals surface area contributed by atoms with Crippen LogP contribution in [0.15, 0.2) is 18.2 Å². The first-order valence-electron chi connectivity index (χ1n) is 6.88. The summed E-state index contributed by atoms with van der Waals surface area (Å²) < 4.78 is 10.4. The van der Waals surface area contributed by atoms with Crippen LogP contribution in [0.3, 0.4) is 0 Å². The Morgan fingerprint density at radius 3 is 2.52 bits per heavy atom. The molecule has 1 aliphatic carbocycles.